The van der Waals surface area contributed by atoms with Gasteiger partial charge < -0.3 is 10.2 Å². The summed E-state index contributed by atoms with van der Waals surface area (Å²) < 4.78 is 107. The lowest BCUT2D eigenvalue weighted by Crippen LogP contribution is -2.50. The lowest BCUT2D eigenvalue weighted by Gasteiger charge is -2.31. The average molecular weight is 668 g/mol. The third-order valence-corrected chi connectivity index (χ3v) is 6.44. The van der Waals surface area contributed by atoms with Crippen LogP contribution in [0.25, 0.3) is 0 Å². The van der Waals surface area contributed by atoms with Crippen LogP contribution in [0.15, 0.2) is 39.3 Å². The second-order valence-corrected chi connectivity index (χ2v) is 9.33. The minimum atomic E-state index is -6.36. The number of amides is 2. The highest BCUT2D eigenvalue weighted by Crippen LogP contribution is 2.54. The van der Waals surface area contributed by atoms with Crippen molar-refractivity contribution < 1.29 is 49.5 Å². The number of nitrogens with one attached hydrogen (secondary N) is 1. The Morgan fingerprint density at radius 3 is 1.92 bits per heavy atom. The molecular formula is C22H16Br2F8N2O3. The number of hydrogen-bond acceptors (Lipinski definition) is 3. The summed E-state index contributed by atoms with van der Waals surface area (Å²) in [5.74, 6) is -4.21. The van der Waals surface area contributed by atoms with E-state index in [2.05, 4.69) is 37.2 Å². The lowest BCUT2D eigenvalue weighted by molar-refractivity contribution is -0.348. The molecule has 202 valence electrons. The van der Waals surface area contributed by atoms with Crippen molar-refractivity contribution in [2.45, 2.75) is 31.4 Å². The Labute approximate surface area is 221 Å². The van der Waals surface area contributed by atoms with Gasteiger partial charge in [-0.05, 0) is 62.5 Å². The molecule has 0 atom stereocenters. The van der Waals surface area contributed by atoms with Crippen LogP contribution in [0.2, 0.25) is 0 Å². The van der Waals surface area contributed by atoms with E-state index in [1.807, 2.05) is 0 Å². The molecule has 0 aliphatic heterocycles. The summed E-state index contributed by atoms with van der Waals surface area (Å²) in [5.41, 5.74) is -8.92. The molecule has 0 saturated heterocycles. The molecule has 0 radical (unpaired) electrons. The van der Waals surface area contributed by atoms with Crippen molar-refractivity contribution >= 4 is 55.1 Å². The van der Waals surface area contributed by atoms with E-state index in [1.165, 1.54) is 13.1 Å². The standard InChI is InChI=1S/C22H16Br2F8N2O3/c1-3-34(2)19(37)15(35)7-10-5-4-6-12(16(10)25)18(36)33-17-13(23)8-11(9-14(17)24)20(26,21(27,28)29)22(30,31)32/h4-6,8-9H,3,7H2,1-2H3,(H,33,36). The number of benzene rings is 2. The maximum atomic E-state index is 15.0. The Hall–Kier alpha value is -2.55. The van der Waals surface area contributed by atoms with Crippen LogP contribution < -0.4 is 5.32 Å². The van der Waals surface area contributed by atoms with Gasteiger partial charge in [0.05, 0.1) is 11.3 Å². The Morgan fingerprint density at radius 2 is 1.46 bits per heavy atom. The molecule has 5 nitrogen and oxygen atoms in total. The lowest BCUT2D eigenvalue weighted by atomic mass is 9.94. The van der Waals surface area contributed by atoms with Crippen molar-refractivity contribution in [3.8, 4) is 0 Å². The van der Waals surface area contributed by atoms with Gasteiger partial charge in [-0.3, -0.25) is 14.4 Å². The topological polar surface area (TPSA) is 66.5 Å². The van der Waals surface area contributed by atoms with Gasteiger partial charge in [0.25, 0.3) is 11.8 Å². The highest BCUT2D eigenvalue weighted by molar-refractivity contribution is 9.11. The number of anilines is 1. The molecule has 0 unspecified atom stereocenters. The number of rotatable bonds is 7. The quantitative estimate of drug-likeness (QED) is 0.272. The molecule has 0 bridgehead atoms. The number of likely N-dealkylation sites (N-methyl/N-ethyl adjacent to an activating group) is 1. The van der Waals surface area contributed by atoms with Crippen molar-refractivity contribution in [2.75, 3.05) is 18.9 Å². The summed E-state index contributed by atoms with van der Waals surface area (Å²) in [5, 5.41) is 2.10. The van der Waals surface area contributed by atoms with E-state index in [1.54, 1.807) is 6.92 Å². The Kier molecular flexibility index (Phi) is 9.16. The Balaban J connectivity index is 2.41. The fourth-order valence-electron chi connectivity index (χ4n) is 3.06. The molecule has 0 fully saturated rings. The second kappa shape index (κ2) is 11.1. The molecule has 2 aromatic rings. The zero-order valence-corrected chi connectivity index (χ0v) is 21.9. The minimum Gasteiger partial charge on any atom is -0.339 e. The first-order valence-corrected chi connectivity index (χ1v) is 11.6. The van der Waals surface area contributed by atoms with E-state index in [-0.39, 0.29) is 24.2 Å². The van der Waals surface area contributed by atoms with E-state index < -0.39 is 73.6 Å². The van der Waals surface area contributed by atoms with Gasteiger partial charge in [-0.1, -0.05) is 12.1 Å². The van der Waals surface area contributed by atoms with Crippen LogP contribution in [0.1, 0.15) is 28.4 Å². The van der Waals surface area contributed by atoms with E-state index in [4.69, 9.17) is 0 Å². The summed E-state index contributed by atoms with van der Waals surface area (Å²) in [6.07, 6.45) is -13.4. The Morgan fingerprint density at radius 1 is 0.946 bits per heavy atom. The first kappa shape index (κ1) is 30.7. The monoisotopic (exact) mass is 666 g/mol. The van der Waals surface area contributed by atoms with Crippen molar-refractivity contribution in [3.63, 3.8) is 0 Å². The largest absolute Gasteiger partial charge is 0.435 e. The molecule has 0 aliphatic rings. The van der Waals surface area contributed by atoms with Gasteiger partial charge in [0.2, 0.25) is 5.78 Å². The average Bonchev–Trinajstić information content (AvgIpc) is 2.79. The third-order valence-electron chi connectivity index (χ3n) is 5.19. The number of nitrogens with zero attached hydrogens (tertiary/aromatic N) is 1. The summed E-state index contributed by atoms with van der Waals surface area (Å²) in [4.78, 5) is 37.8. The van der Waals surface area contributed by atoms with Crippen LogP contribution in [-0.2, 0) is 21.7 Å². The van der Waals surface area contributed by atoms with E-state index in [0.29, 0.717) is 0 Å². The smallest absolute Gasteiger partial charge is 0.339 e. The summed E-state index contributed by atoms with van der Waals surface area (Å²) in [6.45, 7) is 1.83. The van der Waals surface area contributed by atoms with Gasteiger partial charge in [0.1, 0.15) is 5.82 Å². The second-order valence-electron chi connectivity index (χ2n) is 7.62. The van der Waals surface area contributed by atoms with Crippen molar-refractivity contribution in [3.05, 3.63) is 61.8 Å². The first-order valence-electron chi connectivity index (χ1n) is 10.1. The zero-order chi connectivity index (χ0) is 28.5. The highest BCUT2D eigenvalue weighted by atomic mass is 79.9. The van der Waals surface area contributed by atoms with Crippen molar-refractivity contribution in [1.29, 1.82) is 0 Å². The highest BCUT2D eigenvalue weighted by Gasteiger charge is 2.73. The molecule has 2 amide bonds. The summed E-state index contributed by atoms with van der Waals surface area (Å²) in [7, 11) is 1.36. The van der Waals surface area contributed by atoms with E-state index in [9.17, 15) is 49.5 Å². The molecule has 0 aliphatic carbocycles. The van der Waals surface area contributed by atoms with Crippen LogP contribution in [0.3, 0.4) is 0 Å². The predicted octanol–water partition coefficient (Wildman–Crippen LogP) is 6.48. The molecule has 2 aromatic carbocycles. The van der Waals surface area contributed by atoms with Crippen LogP contribution in [0.4, 0.5) is 40.8 Å². The first-order chi connectivity index (χ1) is 16.9. The fraction of sp³-hybridized carbons (Fsp3) is 0.318. The van der Waals surface area contributed by atoms with Crippen LogP contribution >= 0.6 is 31.9 Å². The van der Waals surface area contributed by atoms with Gasteiger partial charge in [0.15, 0.2) is 0 Å². The van der Waals surface area contributed by atoms with Gasteiger partial charge in [-0.2, -0.15) is 26.3 Å². The number of carbonyl (C=O) groups excluding carboxylic acids is 3. The predicted molar refractivity (Wildman–Crippen MR) is 123 cm³/mol. The SMILES string of the molecule is CCN(C)C(=O)C(=O)Cc1cccc(C(=O)Nc2c(Br)cc(C(F)(C(F)(F)F)C(F)(F)F)cc2Br)c1F. The summed E-state index contributed by atoms with van der Waals surface area (Å²) >= 11 is 5.40. The van der Waals surface area contributed by atoms with Crippen LogP contribution in [-0.4, -0.2) is 48.4 Å². The van der Waals surface area contributed by atoms with E-state index >= 15 is 0 Å². The number of carbonyl (C=O) groups is 3. The van der Waals surface area contributed by atoms with Crippen molar-refractivity contribution in [1.82, 2.24) is 4.90 Å². The maximum absolute atomic E-state index is 15.0. The van der Waals surface area contributed by atoms with Crippen LogP contribution in [0.5, 0.6) is 0 Å². The fourth-order valence-corrected chi connectivity index (χ4v) is 4.44. The normalized spacial score (nSPS) is 12.3. The van der Waals surface area contributed by atoms with Gasteiger partial charge in [0, 0.05) is 34.5 Å². The van der Waals surface area contributed by atoms with Crippen molar-refractivity contribution in [2.24, 2.45) is 0 Å². The Bertz CT molecular complexity index is 1190. The molecular weight excluding hydrogens is 652 g/mol. The maximum Gasteiger partial charge on any atom is 0.435 e. The number of Topliss-reactive ketones (excluding diaryl/α,β-unsaturated/α-hetero) is 1. The molecule has 1 N–H and O–H groups in total. The number of hydrogen-bond donors (Lipinski definition) is 1. The van der Waals surface area contributed by atoms with Gasteiger partial charge >= 0.3 is 18.0 Å². The number of alkyl halides is 7. The molecule has 37 heavy (non-hydrogen) atoms. The summed E-state index contributed by atoms with van der Waals surface area (Å²) in [6, 6.07) is 3.71. The zero-order valence-electron chi connectivity index (χ0n) is 18.8. The number of halogens is 10. The molecule has 0 spiro atoms. The van der Waals surface area contributed by atoms with Gasteiger partial charge in [-0.15, -0.1) is 0 Å². The molecule has 0 aromatic heterocycles. The minimum absolute atomic E-state index is 0.183. The number of ketones is 1. The van der Waals surface area contributed by atoms with Gasteiger partial charge in [-0.25, -0.2) is 8.78 Å². The molecule has 0 saturated carbocycles. The molecule has 0 heterocycles. The molecule has 2 rings (SSSR count). The molecule has 15 heteroatoms. The van der Waals surface area contributed by atoms with Crippen LogP contribution in [0, 0.1) is 5.82 Å². The van der Waals surface area contributed by atoms with E-state index in [0.717, 1.165) is 17.0 Å². The third kappa shape index (κ3) is 6.13.